The number of rotatable bonds is 7. The summed E-state index contributed by atoms with van der Waals surface area (Å²) in [5.74, 6) is 2.38. The quantitative estimate of drug-likeness (QED) is 0.741. The SMILES string of the molecule is O=C=Cc1cccc(OCC(O)CN2CCN(c3cccc(Cl)c3)CC2)c1. The number of halogens is 1. The lowest BCUT2D eigenvalue weighted by atomic mass is 10.2. The van der Waals surface area contributed by atoms with Crippen molar-refractivity contribution in [2.75, 3.05) is 44.2 Å². The van der Waals surface area contributed by atoms with Crippen molar-refractivity contribution in [3.8, 4) is 5.75 Å². The number of benzene rings is 2. The Morgan fingerprint density at radius 1 is 1.15 bits per heavy atom. The highest BCUT2D eigenvalue weighted by molar-refractivity contribution is 6.30. The van der Waals surface area contributed by atoms with Crippen molar-refractivity contribution in [1.82, 2.24) is 4.90 Å². The van der Waals surface area contributed by atoms with Crippen LogP contribution in [-0.2, 0) is 4.79 Å². The standard InChI is InChI=1S/C21H23ClN2O3/c22-18-4-2-5-19(14-18)24-10-8-23(9-11-24)15-20(26)16-27-21-6-1-3-17(13-21)7-12-25/h1-7,13-14,20,26H,8-11,15-16H2. The van der Waals surface area contributed by atoms with Gasteiger partial charge in [-0.2, -0.15) is 0 Å². The molecule has 5 nitrogen and oxygen atoms in total. The average molecular weight is 387 g/mol. The van der Waals surface area contributed by atoms with Gasteiger partial charge in [0.15, 0.2) is 0 Å². The first-order valence-electron chi connectivity index (χ1n) is 8.99. The molecule has 1 N–H and O–H groups in total. The van der Waals surface area contributed by atoms with Gasteiger partial charge in [-0.15, -0.1) is 0 Å². The molecule has 27 heavy (non-hydrogen) atoms. The van der Waals surface area contributed by atoms with Gasteiger partial charge in [0.05, 0.1) is 0 Å². The van der Waals surface area contributed by atoms with Crippen LogP contribution in [0, 0.1) is 0 Å². The number of anilines is 1. The van der Waals surface area contributed by atoms with E-state index in [0.29, 0.717) is 12.3 Å². The molecule has 0 bridgehead atoms. The van der Waals surface area contributed by atoms with Gasteiger partial charge in [-0.1, -0.05) is 29.8 Å². The zero-order valence-electron chi connectivity index (χ0n) is 15.1. The maximum absolute atomic E-state index is 10.4. The molecule has 0 radical (unpaired) electrons. The predicted octanol–water partition coefficient (Wildman–Crippen LogP) is 2.75. The highest BCUT2D eigenvalue weighted by Crippen LogP contribution is 2.21. The Hall–Kier alpha value is -2.30. The van der Waals surface area contributed by atoms with Crippen molar-refractivity contribution >= 4 is 29.3 Å². The van der Waals surface area contributed by atoms with Crippen molar-refractivity contribution in [3.05, 3.63) is 59.1 Å². The summed E-state index contributed by atoms with van der Waals surface area (Å²) >= 11 is 6.07. The number of aliphatic hydroxyl groups excluding tert-OH is 1. The summed E-state index contributed by atoms with van der Waals surface area (Å²) in [6.45, 7) is 4.33. The molecule has 1 saturated heterocycles. The molecule has 0 aliphatic carbocycles. The summed E-state index contributed by atoms with van der Waals surface area (Å²) in [4.78, 5) is 15.0. The highest BCUT2D eigenvalue weighted by atomic mass is 35.5. The number of β-amino-alcohol motifs (C(OH)–C–C–N with tert-alkyl or cyclic N) is 1. The normalized spacial score (nSPS) is 15.9. The molecule has 2 aromatic rings. The lowest BCUT2D eigenvalue weighted by molar-refractivity contribution is 0.0663. The largest absolute Gasteiger partial charge is 0.491 e. The average Bonchev–Trinajstić information content (AvgIpc) is 2.68. The molecule has 1 aliphatic rings. The number of ether oxygens (including phenoxy) is 1. The molecule has 0 saturated carbocycles. The van der Waals surface area contributed by atoms with Gasteiger partial charge in [0.25, 0.3) is 0 Å². The Morgan fingerprint density at radius 2 is 1.93 bits per heavy atom. The highest BCUT2D eigenvalue weighted by Gasteiger charge is 2.20. The third-order valence-corrected chi connectivity index (χ3v) is 4.78. The smallest absolute Gasteiger partial charge is 0.125 e. The van der Waals surface area contributed by atoms with E-state index in [0.717, 1.165) is 42.5 Å². The second-order valence-electron chi connectivity index (χ2n) is 6.57. The fourth-order valence-corrected chi connectivity index (χ4v) is 3.35. The van der Waals surface area contributed by atoms with E-state index in [1.54, 1.807) is 30.2 Å². The van der Waals surface area contributed by atoms with Gasteiger partial charge in [-0.05, 0) is 35.9 Å². The van der Waals surface area contributed by atoms with E-state index >= 15 is 0 Å². The molecule has 0 aromatic heterocycles. The predicted molar refractivity (Wildman–Crippen MR) is 108 cm³/mol. The van der Waals surface area contributed by atoms with Gasteiger partial charge < -0.3 is 14.7 Å². The zero-order valence-corrected chi connectivity index (χ0v) is 15.8. The minimum Gasteiger partial charge on any atom is -0.491 e. The zero-order chi connectivity index (χ0) is 19.1. The summed E-state index contributed by atoms with van der Waals surface area (Å²) in [5, 5.41) is 11.0. The van der Waals surface area contributed by atoms with E-state index < -0.39 is 6.10 Å². The third-order valence-electron chi connectivity index (χ3n) is 4.54. The van der Waals surface area contributed by atoms with E-state index in [1.165, 1.54) is 6.08 Å². The molecule has 2 aromatic carbocycles. The van der Waals surface area contributed by atoms with E-state index in [9.17, 15) is 9.90 Å². The molecule has 0 amide bonds. The van der Waals surface area contributed by atoms with Gasteiger partial charge in [-0.25, -0.2) is 4.79 Å². The monoisotopic (exact) mass is 386 g/mol. The van der Waals surface area contributed by atoms with Crippen LogP contribution in [0.4, 0.5) is 5.69 Å². The second-order valence-corrected chi connectivity index (χ2v) is 7.00. The van der Waals surface area contributed by atoms with Gasteiger partial charge in [-0.3, -0.25) is 4.90 Å². The molecule has 1 aliphatic heterocycles. The first kappa shape index (κ1) is 19.5. The molecule has 0 spiro atoms. The molecule has 142 valence electrons. The summed E-state index contributed by atoms with van der Waals surface area (Å²) in [6, 6.07) is 15.0. The van der Waals surface area contributed by atoms with Crippen LogP contribution >= 0.6 is 11.6 Å². The minimum atomic E-state index is -0.576. The summed E-state index contributed by atoms with van der Waals surface area (Å²) in [7, 11) is 0. The minimum absolute atomic E-state index is 0.211. The number of nitrogens with zero attached hydrogens (tertiary/aromatic N) is 2. The fraction of sp³-hybridized carbons (Fsp3) is 0.333. The van der Waals surface area contributed by atoms with Crippen LogP contribution in [0.15, 0.2) is 48.5 Å². The Bertz CT molecular complexity index is 800. The van der Waals surface area contributed by atoms with Crippen molar-refractivity contribution in [1.29, 1.82) is 0 Å². The van der Waals surface area contributed by atoms with Crippen molar-refractivity contribution in [2.45, 2.75) is 6.10 Å². The molecular formula is C21H23ClN2O3. The van der Waals surface area contributed by atoms with Crippen molar-refractivity contribution in [2.24, 2.45) is 0 Å². The molecule has 1 unspecified atom stereocenters. The van der Waals surface area contributed by atoms with Crippen LogP contribution in [0.1, 0.15) is 5.56 Å². The van der Waals surface area contributed by atoms with Gasteiger partial charge in [0.1, 0.15) is 24.4 Å². The fourth-order valence-electron chi connectivity index (χ4n) is 3.17. The van der Waals surface area contributed by atoms with Crippen molar-refractivity contribution in [3.63, 3.8) is 0 Å². The number of hydrogen-bond donors (Lipinski definition) is 1. The molecular weight excluding hydrogens is 364 g/mol. The van der Waals surface area contributed by atoms with Crippen LogP contribution in [0.2, 0.25) is 5.02 Å². The van der Waals surface area contributed by atoms with Gasteiger partial charge in [0, 0.05) is 49.5 Å². The Morgan fingerprint density at radius 3 is 2.67 bits per heavy atom. The number of carbonyl (C=O) groups excluding carboxylic acids is 1. The van der Waals surface area contributed by atoms with Crippen LogP contribution in [0.5, 0.6) is 5.75 Å². The maximum Gasteiger partial charge on any atom is 0.125 e. The van der Waals surface area contributed by atoms with E-state index in [-0.39, 0.29) is 6.61 Å². The topological polar surface area (TPSA) is 53.0 Å². The van der Waals surface area contributed by atoms with E-state index in [2.05, 4.69) is 15.9 Å². The van der Waals surface area contributed by atoms with Crippen molar-refractivity contribution < 1.29 is 14.6 Å². The maximum atomic E-state index is 10.4. The number of aliphatic hydroxyl groups is 1. The van der Waals surface area contributed by atoms with Crippen LogP contribution in [0.25, 0.3) is 6.08 Å². The third kappa shape index (κ3) is 5.84. The van der Waals surface area contributed by atoms with E-state index in [1.807, 2.05) is 18.2 Å². The summed E-state index contributed by atoms with van der Waals surface area (Å²) in [5.41, 5.74) is 1.87. The summed E-state index contributed by atoms with van der Waals surface area (Å²) in [6.07, 6.45) is 0.774. The van der Waals surface area contributed by atoms with Crippen LogP contribution in [0.3, 0.4) is 0 Å². The molecule has 3 rings (SSSR count). The molecule has 1 heterocycles. The number of piperazine rings is 1. The first-order chi connectivity index (χ1) is 13.1. The lowest BCUT2D eigenvalue weighted by Crippen LogP contribution is -2.49. The van der Waals surface area contributed by atoms with Crippen LogP contribution in [-0.4, -0.2) is 61.4 Å². The molecule has 1 atom stereocenters. The lowest BCUT2D eigenvalue weighted by Gasteiger charge is -2.36. The second kappa shape index (κ2) is 9.58. The van der Waals surface area contributed by atoms with Gasteiger partial charge in [0.2, 0.25) is 0 Å². The Kier molecular flexibility index (Phi) is 6.91. The number of hydrogen-bond acceptors (Lipinski definition) is 5. The van der Waals surface area contributed by atoms with Crippen LogP contribution < -0.4 is 9.64 Å². The first-order valence-corrected chi connectivity index (χ1v) is 9.36. The Balaban J connectivity index is 1.43. The molecule has 1 fully saturated rings. The van der Waals surface area contributed by atoms with E-state index in [4.69, 9.17) is 16.3 Å². The summed E-state index contributed by atoms with van der Waals surface area (Å²) < 4.78 is 5.65. The molecule has 6 heteroatoms. The Labute approximate surface area is 164 Å². The van der Waals surface area contributed by atoms with Gasteiger partial charge >= 0.3 is 0 Å².